The molecule has 6 heteroatoms. The lowest BCUT2D eigenvalue weighted by Crippen LogP contribution is -2.15. The first-order valence-electron chi connectivity index (χ1n) is 9.75. The number of aromatic nitrogens is 2. The van der Waals surface area contributed by atoms with Crippen molar-refractivity contribution in [2.75, 3.05) is 13.2 Å². The van der Waals surface area contributed by atoms with Crippen LogP contribution in [0.25, 0.3) is 11.3 Å². The molecule has 4 rings (SSSR count). The lowest BCUT2D eigenvalue weighted by Gasteiger charge is -2.19. The van der Waals surface area contributed by atoms with Crippen molar-refractivity contribution in [1.82, 2.24) is 9.55 Å². The normalized spacial score (nSPS) is 13.7. The van der Waals surface area contributed by atoms with Gasteiger partial charge < -0.3 is 14.0 Å². The number of imidazole rings is 1. The molecule has 29 heavy (non-hydrogen) atoms. The molecule has 1 unspecified atom stereocenters. The number of ether oxygens (including phenoxy) is 2. The van der Waals surface area contributed by atoms with Crippen LogP contribution in [-0.2, 0) is 13.0 Å². The van der Waals surface area contributed by atoms with Crippen molar-refractivity contribution < 1.29 is 9.47 Å². The van der Waals surface area contributed by atoms with E-state index in [1.165, 1.54) is 17.3 Å². The predicted molar refractivity (Wildman–Crippen MR) is 114 cm³/mol. The summed E-state index contributed by atoms with van der Waals surface area (Å²) in [6.45, 7) is 6.07. The monoisotopic (exact) mass is 405 g/mol. The quantitative estimate of drug-likeness (QED) is 0.547. The zero-order valence-electron chi connectivity index (χ0n) is 16.6. The molecule has 2 aromatic carbocycles. The van der Waals surface area contributed by atoms with E-state index >= 15 is 0 Å². The molecule has 5 nitrogen and oxygen atoms in total. The second kappa shape index (κ2) is 8.62. The van der Waals surface area contributed by atoms with Crippen molar-refractivity contribution in [3.8, 4) is 28.8 Å². The predicted octanol–water partition coefficient (Wildman–Crippen LogP) is 4.88. The molecule has 0 bridgehead atoms. The van der Waals surface area contributed by atoms with Gasteiger partial charge in [-0.25, -0.2) is 4.98 Å². The van der Waals surface area contributed by atoms with Gasteiger partial charge in [0, 0.05) is 12.1 Å². The van der Waals surface area contributed by atoms with Crippen molar-refractivity contribution in [3.05, 3.63) is 59.8 Å². The Bertz CT molecular complexity index is 1040. The largest absolute Gasteiger partial charge is 0.486 e. The maximum Gasteiger partial charge on any atom is 0.169 e. The third-order valence-corrected chi connectivity index (χ3v) is 6.00. The maximum atomic E-state index is 9.68. The van der Waals surface area contributed by atoms with Gasteiger partial charge in [0.25, 0.3) is 0 Å². The summed E-state index contributed by atoms with van der Waals surface area (Å²) in [4.78, 5) is 4.62. The number of thioether (sulfide) groups is 1. The fourth-order valence-electron chi connectivity index (χ4n) is 3.37. The molecule has 1 aliphatic heterocycles. The number of rotatable bonds is 6. The van der Waals surface area contributed by atoms with E-state index < -0.39 is 0 Å². The van der Waals surface area contributed by atoms with Crippen LogP contribution in [0, 0.1) is 18.3 Å². The van der Waals surface area contributed by atoms with Crippen molar-refractivity contribution in [2.24, 2.45) is 0 Å². The van der Waals surface area contributed by atoms with Crippen molar-refractivity contribution >= 4 is 11.8 Å². The zero-order valence-corrected chi connectivity index (χ0v) is 17.4. The molecule has 2 heterocycles. The van der Waals surface area contributed by atoms with Crippen LogP contribution in [0.4, 0.5) is 0 Å². The first kappa shape index (κ1) is 19.4. The Labute approximate surface area is 175 Å². The highest BCUT2D eigenvalue weighted by atomic mass is 32.2. The molecule has 3 aromatic rings. The summed E-state index contributed by atoms with van der Waals surface area (Å²) >= 11 is 1.52. The molecular formula is C23H23N3O2S. The van der Waals surface area contributed by atoms with Crippen molar-refractivity contribution in [2.45, 2.75) is 37.2 Å². The van der Waals surface area contributed by atoms with Crippen LogP contribution in [-0.4, -0.2) is 28.0 Å². The van der Waals surface area contributed by atoms with E-state index in [2.05, 4.69) is 53.7 Å². The average Bonchev–Trinajstić information content (AvgIpc) is 3.17. The summed E-state index contributed by atoms with van der Waals surface area (Å²) in [6, 6.07) is 16.7. The fourth-order valence-corrected chi connectivity index (χ4v) is 4.42. The number of nitriles is 1. The second-order valence-electron chi connectivity index (χ2n) is 6.95. The molecule has 1 aliphatic rings. The molecule has 1 aromatic heterocycles. The summed E-state index contributed by atoms with van der Waals surface area (Å²) < 4.78 is 13.5. The Morgan fingerprint density at radius 2 is 1.90 bits per heavy atom. The third kappa shape index (κ3) is 4.25. The number of aryl methyl sites for hydroxylation is 1. The number of benzene rings is 2. The van der Waals surface area contributed by atoms with E-state index in [0.717, 1.165) is 40.0 Å². The average molecular weight is 406 g/mol. The smallest absolute Gasteiger partial charge is 0.169 e. The molecule has 0 radical (unpaired) electrons. The van der Waals surface area contributed by atoms with Crippen molar-refractivity contribution in [3.63, 3.8) is 0 Å². The molecule has 0 fully saturated rings. The van der Waals surface area contributed by atoms with Crippen LogP contribution in [0.1, 0.15) is 18.1 Å². The van der Waals surface area contributed by atoms with Gasteiger partial charge in [0.05, 0.1) is 18.0 Å². The molecule has 148 valence electrons. The zero-order chi connectivity index (χ0) is 20.2. The highest BCUT2D eigenvalue weighted by molar-refractivity contribution is 8.00. The van der Waals surface area contributed by atoms with Crippen LogP contribution < -0.4 is 9.47 Å². The summed E-state index contributed by atoms with van der Waals surface area (Å²) in [6.07, 6.45) is 2.56. The minimum atomic E-state index is -0.196. The van der Waals surface area contributed by atoms with Gasteiger partial charge in [-0.05, 0) is 44.0 Å². The Morgan fingerprint density at radius 1 is 1.14 bits per heavy atom. The van der Waals surface area contributed by atoms with Crippen molar-refractivity contribution in [1.29, 1.82) is 5.26 Å². The highest BCUT2D eigenvalue weighted by Gasteiger charge is 2.19. The second-order valence-corrected chi connectivity index (χ2v) is 8.12. The van der Waals surface area contributed by atoms with Crippen LogP contribution in [0.2, 0.25) is 0 Å². The SMILES string of the molecule is CCn1c(-c2ccc3c(c2)OCCO3)cnc1SC(C#N)Cc1ccc(C)cc1. The van der Waals surface area contributed by atoms with Gasteiger partial charge in [-0.1, -0.05) is 41.6 Å². The topological polar surface area (TPSA) is 60.1 Å². The fraction of sp³-hybridized carbons (Fsp3) is 0.304. The number of hydrogen-bond donors (Lipinski definition) is 0. The van der Waals surface area contributed by atoms with Crippen LogP contribution in [0.15, 0.2) is 53.8 Å². The molecular weight excluding hydrogens is 382 g/mol. The van der Waals surface area contributed by atoms with Crippen LogP contribution in [0.5, 0.6) is 11.5 Å². The molecule has 0 spiro atoms. The first-order chi connectivity index (χ1) is 14.2. The molecule has 0 saturated heterocycles. The van der Waals surface area contributed by atoms with E-state index in [1.807, 2.05) is 24.4 Å². The lowest BCUT2D eigenvalue weighted by atomic mass is 10.1. The van der Waals surface area contributed by atoms with E-state index in [-0.39, 0.29) is 5.25 Å². The third-order valence-electron chi connectivity index (χ3n) is 4.91. The summed E-state index contributed by atoms with van der Waals surface area (Å²) in [5.41, 5.74) is 4.43. The lowest BCUT2D eigenvalue weighted by molar-refractivity contribution is 0.171. The van der Waals surface area contributed by atoms with Crippen LogP contribution in [0.3, 0.4) is 0 Å². The highest BCUT2D eigenvalue weighted by Crippen LogP contribution is 2.36. The van der Waals surface area contributed by atoms with Crippen LogP contribution >= 0.6 is 11.8 Å². The minimum absolute atomic E-state index is 0.196. The standard InChI is InChI=1S/C23H23N3O2S/c1-3-26-20(18-8-9-21-22(13-18)28-11-10-27-21)15-25-23(26)29-19(14-24)12-17-6-4-16(2)5-7-17/h4-9,13,15,19H,3,10-12H2,1-2H3. The Balaban J connectivity index is 1.56. The van der Waals surface area contributed by atoms with Gasteiger partial charge in [0.15, 0.2) is 16.7 Å². The number of hydrogen-bond acceptors (Lipinski definition) is 5. The molecule has 0 aliphatic carbocycles. The van der Waals surface area contributed by atoms with Gasteiger partial charge >= 0.3 is 0 Å². The van der Waals surface area contributed by atoms with E-state index in [0.29, 0.717) is 19.6 Å². The Hall–Kier alpha value is -2.91. The van der Waals surface area contributed by atoms with Gasteiger partial charge in [-0.2, -0.15) is 5.26 Å². The molecule has 0 amide bonds. The summed E-state index contributed by atoms with van der Waals surface area (Å²) in [7, 11) is 0. The minimum Gasteiger partial charge on any atom is -0.486 e. The molecule has 0 N–H and O–H groups in total. The Kier molecular flexibility index (Phi) is 5.77. The number of fused-ring (bicyclic) bond motifs is 1. The van der Waals surface area contributed by atoms with Gasteiger partial charge in [0.1, 0.15) is 18.5 Å². The van der Waals surface area contributed by atoms with E-state index in [9.17, 15) is 5.26 Å². The van der Waals surface area contributed by atoms with Gasteiger partial charge in [-0.15, -0.1) is 0 Å². The summed E-state index contributed by atoms with van der Waals surface area (Å²) in [5.74, 6) is 1.54. The molecule has 0 saturated carbocycles. The maximum absolute atomic E-state index is 9.68. The van der Waals surface area contributed by atoms with Gasteiger partial charge in [-0.3, -0.25) is 0 Å². The van der Waals surface area contributed by atoms with E-state index in [1.54, 1.807) is 0 Å². The Morgan fingerprint density at radius 3 is 2.62 bits per heavy atom. The van der Waals surface area contributed by atoms with E-state index in [4.69, 9.17) is 9.47 Å². The van der Waals surface area contributed by atoms with Gasteiger partial charge in [0.2, 0.25) is 0 Å². The summed E-state index contributed by atoms with van der Waals surface area (Å²) in [5, 5.41) is 10.3. The first-order valence-corrected chi connectivity index (χ1v) is 10.6. The molecule has 1 atom stereocenters. The number of nitrogens with zero attached hydrogens (tertiary/aromatic N) is 3.